The van der Waals surface area contributed by atoms with Gasteiger partial charge in [0.1, 0.15) is 0 Å². The zero-order chi connectivity index (χ0) is 11.8. The van der Waals surface area contributed by atoms with Crippen LogP contribution in [0.25, 0.3) is 21.7 Å². The first kappa shape index (κ1) is 10.1. The maximum atomic E-state index is 12.0. The predicted molar refractivity (Wildman–Crippen MR) is 71.5 cm³/mol. The second kappa shape index (κ2) is 3.74. The Labute approximate surface area is 98.9 Å². The molecule has 2 aromatic carbocycles. The first-order chi connectivity index (χ1) is 8.29. The summed E-state index contributed by atoms with van der Waals surface area (Å²) in [4.78, 5) is 15.3. The monoisotopic (exact) mass is 223 g/mol. The van der Waals surface area contributed by atoms with Crippen LogP contribution >= 0.6 is 0 Å². The van der Waals surface area contributed by atoms with E-state index in [0.717, 1.165) is 33.8 Å². The number of rotatable bonds is 1. The van der Waals surface area contributed by atoms with E-state index in [9.17, 15) is 4.79 Å². The third kappa shape index (κ3) is 1.53. The van der Waals surface area contributed by atoms with Crippen molar-refractivity contribution in [1.82, 2.24) is 4.98 Å². The molecule has 1 aromatic heterocycles. The highest BCUT2D eigenvalue weighted by Crippen LogP contribution is 2.21. The minimum Gasteiger partial charge on any atom is -0.358 e. The van der Waals surface area contributed by atoms with Crippen LogP contribution < -0.4 is 5.43 Å². The van der Waals surface area contributed by atoms with Gasteiger partial charge >= 0.3 is 0 Å². The van der Waals surface area contributed by atoms with E-state index in [2.05, 4.69) is 11.1 Å². The van der Waals surface area contributed by atoms with E-state index in [1.165, 1.54) is 0 Å². The Morgan fingerprint density at radius 2 is 1.88 bits per heavy atom. The molecule has 0 bridgehead atoms. The van der Waals surface area contributed by atoms with Crippen LogP contribution in [0.2, 0.25) is 0 Å². The number of H-pyrrole nitrogens is 1. The molecule has 0 radical (unpaired) electrons. The van der Waals surface area contributed by atoms with Crippen molar-refractivity contribution < 1.29 is 0 Å². The van der Waals surface area contributed by atoms with Gasteiger partial charge in [-0.05, 0) is 17.9 Å². The Balaban J connectivity index is 2.56. The van der Waals surface area contributed by atoms with Gasteiger partial charge < -0.3 is 4.98 Å². The van der Waals surface area contributed by atoms with Crippen LogP contribution in [0.4, 0.5) is 0 Å². The maximum Gasteiger partial charge on any atom is 0.189 e. The molecule has 0 saturated heterocycles. The molecule has 2 heteroatoms. The molecule has 0 fully saturated rings. The van der Waals surface area contributed by atoms with Crippen molar-refractivity contribution in [1.29, 1.82) is 0 Å². The van der Waals surface area contributed by atoms with Crippen LogP contribution in [0.5, 0.6) is 0 Å². The molecule has 3 rings (SSSR count). The lowest BCUT2D eigenvalue weighted by Crippen LogP contribution is -2.04. The topological polar surface area (TPSA) is 32.9 Å². The Bertz CT molecular complexity index is 756. The minimum absolute atomic E-state index is 0.0985. The molecule has 3 aromatic rings. The Hall–Kier alpha value is -2.09. The predicted octanol–water partition coefficient (Wildman–Crippen LogP) is 3.24. The van der Waals surface area contributed by atoms with Crippen molar-refractivity contribution in [3.8, 4) is 0 Å². The van der Waals surface area contributed by atoms with Crippen molar-refractivity contribution in [3.63, 3.8) is 0 Å². The molecule has 1 heterocycles. The standard InChI is InChI=1S/C15H13NO/c1-2-11-9-14(17)13-8-7-10-5-3-4-6-12(10)15(13)16-11/h3-9H,2H2,1H3,(H,16,17). The lowest BCUT2D eigenvalue weighted by Gasteiger charge is -2.05. The van der Waals surface area contributed by atoms with E-state index < -0.39 is 0 Å². The zero-order valence-corrected chi connectivity index (χ0v) is 9.66. The van der Waals surface area contributed by atoms with Crippen LogP contribution in [0.3, 0.4) is 0 Å². The lowest BCUT2D eigenvalue weighted by atomic mass is 10.1. The average molecular weight is 223 g/mol. The van der Waals surface area contributed by atoms with Gasteiger partial charge in [0.25, 0.3) is 0 Å². The maximum absolute atomic E-state index is 12.0. The summed E-state index contributed by atoms with van der Waals surface area (Å²) >= 11 is 0. The van der Waals surface area contributed by atoms with E-state index in [0.29, 0.717) is 0 Å². The molecule has 0 aliphatic rings. The van der Waals surface area contributed by atoms with E-state index >= 15 is 0 Å². The van der Waals surface area contributed by atoms with E-state index in [1.807, 2.05) is 37.3 Å². The third-order valence-corrected chi connectivity index (χ3v) is 3.17. The SMILES string of the molecule is CCc1cc(=O)c2ccc3ccccc3c2[nH]1. The Kier molecular flexibility index (Phi) is 2.22. The van der Waals surface area contributed by atoms with Crippen LogP contribution in [-0.2, 0) is 6.42 Å². The Morgan fingerprint density at radius 1 is 1.06 bits per heavy atom. The number of aromatic amines is 1. The summed E-state index contributed by atoms with van der Waals surface area (Å²) in [7, 11) is 0. The van der Waals surface area contributed by atoms with Crippen LogP contribution in [-0.4, -0.2) is 4.98 Å². The second-order valence-corrected chi connectivity index (χ2v) is 4.22. The van der Waals surface area contributed by atoms with E-state index in [4.69, 9.17) is 0 Å². The van der Waals surface area contributed by atoms with Gasteiger partial charge in [-0.3, -0.25) is 4.79 Å². The number of hydrogen-bond donors (Lipinski definition) is 1. The molecule has 0 amide bonds. The fourth-order valence-electron chi connectivity index (χ4n) is 2.23. The zero-order valence-electron chi connectivity index (χ0n) is 9.66. The van der Waals surface area contributed by atoms with Crippen LogP contribution in [0.15, 0.2) is 47.3 Å². The first-order valence-electron chi connectivity index (χ1n) is 5.83. The number of hydrogen-bond acceptors (Lipinski definition) is 1. The van der Waals surface area contributed by atoms with Crippen molar-refractivity contribution >= 4 is 21.7 Å². The van der Waals surface area contributed by atoms with Crippen molar-refractivity contribution in [2.24, 2.45) is 0 Å². The fourth-order valence-corrected chi connectivity index (χ4v) is 2.23. The third-order valence-electron chi connectivity index (χ3n) is 3.17. The normalized spacial score (nSPS) is 11.1. The highest BCUT2D eigenvalue weighted by molar-refractivity contribution is 6.04. The highest BCUT2D eigenvalue weighted by atomic mass is 16.1. The molecule has 0 unspecified atom stereocenters. The van der Waals surface area contributed by atoms with Gasteiger partial charge in [-0.25, -0.2) is 0 Å². The number of fused-ring (bicyclic) bond motifs is 3. The summed E-state index contributed by atoms with van der Waals surface area (Å²) in [5.74, 6) is 0. The molecule has 17 heavy (non-hydrogen) atoms. The number of nitrogens with one attached hydrogen (secondary N) is 1. The van der Waals surface area contributed by atoms with Crippen molar-refractivity contribution in [2.45, 2.75) is 13.3 Å². The smallest absolute Gasteiger partial charge is 0.189 e. The van der Waals surface area contributed by atoms with Gasteiger partial charge in [0.15, 0.2) is 5.43 Å². The van der Waals surface area contributed by atoms with Gasteiger partial charge in [-0.15, -0.1) is 0 Å². The van der Waals surface area contributed by atoms with Crippen LogP contribution in [0, 0.1) is 0 Å². The van der Waals surface area contributed by atoms with Crippen molar-refractivity contribution in [2.75, 3.05) is 0 Å². The number of pyridine rings is 1. The summed E-state index contributed by atoms with van der Waals surface area (Å²) < 4.78 is 0. The minimum atomic E-state index is 0.0985. The second-order valence-electron chi connectivity index (χ2n) is 4.22. The molecule has 0 aliphatic carbocycles. The van der Waals surface area contributed by atoms with Gasteiger partial charge in [0.2, 0.25) is 0 Å². The number of benzene rings is 2. The van der Waals surface area contributed by atoms with Gasteiger partial charge in [0, 0.05) is 22.5 Å². The number of aromatic nitrogens is 1. The van der Waals surface area contributed by atoms with Gasteiger partial charge in [-0.1, -0.05) is 37.3 Å². The van der Waals surface area contributed by atoms with Gasteiger partial charge in [0.05, 0.1) is 5.52 Å². The largest absolute Gasteiger partial charge is 0.358 e. The van der Waals surface area contributed by atoms with Gasteiger partial charge in [-0.2, -0.15) is 0 Å². The lowest BCUT2D eigenvalue weighted by molar-refractivity contribution is 1.05. The number of aryl methyl sites for hydroxylation is 1. The molecule has 0 aliphatic heterocycles. The molecule has 0 atom stereocenters. The summed E-state index contributed by atoms with van der Waals surface area (Å²) in [5.41, 5.74) is 2.03. The molecule has 0 spiro atoms. The highest BCUT2D eigenvalue weighted by Gasteiger charge is 2.04. The van der Waals surface area contributed by atoms with E-state index in [-0.39, 0.29) is 5.43 Å². The summed E-state index contributed by atoms with van der Waals surface area (Å²) in [6.07, 6.45) is 0.842. The summed E-state index contributed by atoms with van der Waals surface area (Å²) in [5, 5.41) is 3.03. The summed E-state index contributed by atoms with van der Waals surface area (Å²) in [6.45, 7) is 2.04. The first-order valence-corrected chi connectivity index (χ1v) is 5.83. The molecule has 1 N–H and O–H groups in total. The molecule has 0 saturated carbocycles. The van der Waals surface area contributed by atoms with Crippen LogP contribution in [0.1, 0.15) is 12.6 Å². The molecular weight excluding hydrogens is 210 g/mol. The Morgan fingerprint density at radius 3 is 2.71 bits per heavy atom. The molecule has 2 nitrogen and oxygen atoms in total. The fraction of sp³-hybridized carbons (Fsp3) is 0.133. The average Bonchev–Trinajstić information content (AvgIpc) is 2.38. The quantitative estimate of drug-likeness (QED) is 0.631. The molecule has 84 valence electrons. The van der Waals surface area contributed by atoms with Crippen molar-refractivity contribution in [3.05, 3.63) is 58.4 Å². The summed E-state index contributed by atoms with van der Waals surface area (Å²) in [6, 6.07) is 13.7. The van der Waals surface area contributed by atoms with E-state index in [1.54, 1.807) is 6.07 Å². The molecular formula is C15H13NO.